The summed E-state index contributed by atoms with van der Waals surface area (Å²) in [5.74, 6) is 0.439. The highest BCUT2D eigenvalue weighted by Gasteiger charge is 2.12. The third kappa shape index (κ3) is 9.09. The van der Waals surface area contributed by atoms with Gasteiger partial charge >= 0.3 is 0 Å². The monoisotopic (exact) mass is 246 g/mol. The van der Waals surface area contributed by atoms with Crippen LogP contribution in [0.1, 0.15) is 20.3 Å². The van der Waals surface area contributed by atoms with Crippen molar-refractivity contribution in [2.24, 2.45) is 5.92 Å². The molecule has 102 valence electrons. The Kier molecular flexibility index (Phi) is 10.1. The Morgan fingerprint density at radius 1 is 1.24 bits per heavy atom. The third-order valence-corrected chi connectivity index (χ3v) is 2.44. The molecule has 0 rings (SSSR count). The highest BCUT2D eigenvalue weighted by Crippen LogP contribution is 1.94. The lowest BCUT2D eigenvalue weighted by Crippen LogP contribution is -2.44. The van der Waals surface area contributed by atoms with Crippen LogP contribution in [-0.4, -0.2) is 52.5 Å². The molecule has 0 radical (unpaired) electrons. The molecule has 0 aliphatic rings. The molecule has 0 bridgehead atoms. The van der Waals surface area contributed by atoms with E-state index < -0.39 is 0 Å². The molecule has 2 atom stereocenters. The van der Waals surface area contributed by atoms with Crippen LogP contribution >= 0.6 is 0 Å². The zero-order valence-electron chi connectivity index (χ0n) is 11.4. The zero-order chi connectivity index (χ0) is 13.1. The minimum absolute atomic E-state index is 0.0331. The maximum absolute atomic E-state index is 11.6. The average Bonchev–Trinajstić information content (AvgIpc) is 2.31. The van der Waals surface area contributed by atoms with E-state index in [1.54, 1.807) is 14.2 Å². The Balaban J connectivity index is 3.59. The summed E-state index contributed by atoms with van der Waals surface area (Å²) in [5, 5.41) is 6.04. The molecular weight excluding hydrogens is 220 g/mol. The highest BCUT2D eigenvalue weighted by molar-refractivity contribution is 5.81. The fourth-order valence-corrected chi connectivity index (χ4v) is 1.40. The van der Waals surface area contributed by atoms with E-state index in [-0.39, 0.29) is 11.9 Å². The summed E-state index contributed by atoms with van der Waals surface area (Å²) in [6.45, 7) is 6.76. The number of methoxy groups -OCH3 is 2. The van der Waals surface area contributed by atoms with Crippen LogP contribution in [0.5, 0.6) is 0 Å². The molecule has 17 heavy (non-hydrogen) atoms. The summed E-state index contributed by atoms with van der Waals surface area (Å²) < 4.78 is 9.94. The first-order valence-electron chi connectivity index (χ1n) is 6.10. The van der Waals surface area contributed by atoms with Crippen LogP contribution in [0.25, 0.3) is 0 Å². The molecule has 0 aliphatic carbocycles. The van der Waals surface area contributed by atoms with E-state index in [1.165, 1.54) is 0 Å². The summed E-state index contributed by atoms with van der Waals surface area (Å²) in [6, 6.07) is -0.170. The molecule has 0 saturated heterocycles. The molecule has 5 nitrogen and oxygen atoms in total. The minimum atomic E-state index is -0.170. The Hall–Kier alpha value is -0.650. The lowest BCUT2D eigenvalue weighted by atomic mass is 10.2. The van der Waals surface area contributed by atoms with Gasteiger partial charge in [0.05, 0.1) is 6.04 Å². The van der Waals surface area contributed by atoms with E-state index in [1.807, 2.05) is 6.92 Å². The molecule has 0 spiro atoms. The summed E-state index contributed by atoms with van der Waals surface area (Å²) in [6.07, 6.45) is 0.842. The Morgan fingerprint density at radius 2 is 1.94 bits per heavy atom. The smallest absolute Gasteiger partial charge is 0.236 e. The van der Waals surface area contributed by atoms with Crippen molar-refractivity contribution in [3.63, 3.8) is 0 Å². The van der Waals surface area contributed by atoms with Crippen molar-refractivity contribution in [1.82, 2.24) is 10.6 Å². The summed E-state index contributed by atoms with van der Waals surface area (Å²) >= 11 is 0. The predicted molar refractivity (Wildman–Crippen MR) is 68.0 cm³/mol. The van der Waals surface area contributed by atoms with Crippen LogP contribution in [0, 0.1) is 5.92 Å². The van der Waals surface area contributed by atoms with Gasteiger partial charge in [-0.1, -0.05) is 6.92 Å². The van der Waals surface area contributed by atoms with Crippen LogP contribution in [0.4, 0.5) is 0 Å². The number of carbonyl (C=O) groups is 1. The van der Waals surface area contributed by atoms with Crippen molar-refractivity contribution < 1.29 is 14.3 Å². The van der Waals surface area contributed by atoms with Gasteiger partial charge in [-0.3, -0.25) is 4.79 Å². The van der Waals surface area contributed by atoms with Gasteiger partial charge in [0.2, 0.25) is 5.91 Å². The van der Waals surface area contributed by atoms with E-state index in [2.05, 4.69) is 17.6 Å². The normalized spacial score (nSPS) is 14.4. The van der Waals surface area contributed by atoms with Crippen molar-refractivity contribution in [3.8, 4) is 0 Å². The number of hydrogen-bond acceptors (Lipinski definition) is 4. The molecule has 2 N–H and O–H groups in total. The molecule has 1 amide bonds. The highest BCUT2D eigenvalue weighted by atomic mass is 16.5. The number of amides is 1. The number of hydrogen-bond donors (Lipinski definition) is 2. The maximum atomic E-state index is 11.6. The molecule has 0 aliphatic heterocycles. The zero-order valence-corrected chi connectivity index (χ0v) is 11.4. The lowest BCUT2D eigenvalue weighted by molar-refractivity contribution is -0.122. The SMILES string of the molecule is COCCCNC(=O)C(C)NCC(C)COC. The molecule has 0 aromatic carbocycles. The van der Waals surface area contributed by atoms with Gasteiger partial charge in [-0.2, -0.15) is 0 Å². The van der Waals surface area contributed by atoms with Gasteiger partial charge in [0.25, 0.3) is 0 Å². The second kappa shape index (κ2) is 10.5. The molecule has 0 heterocycles. The van der Waals surface area contributed by atoms with Crippen LogP contribution in [0.2, 0.25) is 0 Å². The molecular formula is C12H26N2O3. The molecule has 0 saturated carbocycles. The molecule has 2 unspecified atom stereocenters. The third-order valence-electron chi connectivity index (χ3n) is 2.44. The van der Waals surface area contributed by atoms with Crippen LogP contribution in [-0.2, 0) is 14.3 Å². The first kappa shape index (κ1) is 16.4. The number of rotatable bonds is 10. The Morgan fingerprint density at radius 3 is 2.53 bits per heavy atom. The van der Waals surface area contributed by atoms with Crippen molar-refractivity contribution in [3.05, 3.63) is 0 Å². The number of carbonyl (C=O) groups excluding carboxylic acids is 1. The van der Waals surface area contributed by atoms with Gasteiger partial charge in [0.1, 0.15) is 0 Å². The topological polar surface area (TPSA) is 59.6 Å². The number of nitrogens with one attached hydrogen (secondary N) is 2. The van der Waals surface area contributed by atoms with Crippen LogP contribution in [0.15, 0.2) is 0 Å². The van der Waals surface area contributed by atoms with Gasteiger partial charge in [-0.05, 0) is 19.3 Å². The molecule has 0 fully saturated rings. The van der Waals surface area contributed by atoms with Gasteiger partial charge < -0.3 is 20.1 Å². The van der Waals surface area contributed by atoms with E-state index >= 15 is 0 Å². The van der Waals surface area contributed by atoms with E-state index in [0.717, 1.165) is 13.0 Å². The van der Waals surface area contributed by atoms with Crippen molar-refractivity contribution >= 4 is 5.91 Å². The van der Waals surface area contributed by atoms with Crippen LogP contribution in [0.3, 0.4) is 0 Å². The maximum Gasteiger partial charge on any atom is 0.236 e. The average molecular weight is 246 g/mol. The fourth-order valence-electron chi connectivity index (χ4n) is 1.40. The first-order valence-corrected chi connectivity index (χ1v) is 6.10. The van der Waals surface area contributed by atoms with Crippen molar-refractivity contribution in [2.45, 2.75) is 26.3 Å². The van der Waals surface area contributed by atoms with Crippen molar-refractivity contribution in [1.29, 1.82) is 0 Å². The van der Waals surface area contributed by atoms with Crippen LogP contribution < -0.4 is 10.6 Å². The summed E-state index contributed by atoms with van der Waals surface area (Å²) in [4.78, 5) is 11.6. The summed E-state index contributed by atoms with van der Waals surface area (Å²) in [7, 11) is 3.34. The number of ether oxygens (including phenoxy) is 2. The fraction of sp³-hybridized carbons (Fsp3) is 0.917. The Bertz CT molecular complexity index is 200. The Labute approximate surface area is 104 Å². The second-order valence-electron chi connectivity index (χ2n) is 4.33. The molecule has 0 aromatic heterocycles. The lowest BCUT2D eigenvalue weighted by Gasteiger charge is -2.17. The van der Waals surface area contributed by atoms with E-state index in [0.29, 0.717) is 25.7 Å². The predicted octanol–water partition coefficient (Wildman–Crippen LogP) is 0.400. The molecule has 0 aromatic rings. The quantitative estimate of drug-likeness (QED) is 0.548. The van der Waals surface area contributed by atoms with Gasteiger partial charge in [-0.25, -0.2) is 0 Å². The largest absolute Gasteiger partial charge is 0.385 e. The second-order valence-corrected chi connectivity index (χ2v) is 4.33. The van der Waals surface area contributed by atoms with Gasteiger partial charge in [-0.15, -0.1) is 0 Å². The minimum Gasteiger partial charge on any atom is -0.385 e. The van der Waals surface area contributed by atoms with E-state index in [4.69, 9.17) is 9.47 Å². The molecule has 5 heteroatoms. The van der Waals surface area contributed by atoms with Gasteiger partial charge in [0.15, 0.2) is 0 Å². The van der Waals surface area contributed by atoms with E-state index in [9.17, 15) is 4.79 Å². The first-order chi connectivity index (χ1) is 8.11. The standard InChI is InChI=1S/C12H26N2O3/c1-10(9-17-4)8-14-11(2)12(15)13-6-5-7-16-3/h10-11,14H,5-9H2,1-4H3,(H,13,15). The van der Waals surface area contributed by atoms with Crippen molar-refractivity contribution in [2.75, 3.05) is 40.5 Å². The van der Waals surface area contributed by atoms with Gasteiger partial charge in [0, 0.05) is 40.5 Å². The summed E-state index contributed by atoms with van der Waals surface area (Å²) in [5.41, 5.74) is 0.